The molecule has 0 spiro atoms. The highest BCUT2D eigenvalue weighted by Gasteiger charge is 2.44. The molecule has 16 heavy (non-hydrogen) atoms. The SMILES string of the molecule is COc1ccc(Br)c(C2(CN)CC(O)C2)c1. The first-order chi connectivity index (χ1) is 7.61. The zero-order valence-corrected chi connectivity index (χ0v) is 10.8. The van der Waals surface area contributed by atoms with Crippen LogP contribution >= 0.6 is 15.9 Å². The molecule has 1 aromatic carbocycles. The molecule has 1 fully saturated rings. The van der Waals surface area contributed by atoms with Gasteiger partial charge in [0.1, 0.15) is 5.75 Å². The number of rotatable bonds is 3. The lowest BCUT2D eigenvalue weighted by Gasteiger charge is -2.45. The lowest BCUT2D eigenvalue weighted by Crippen LogP contribution is -2.50. The Bertz CT molecular complexity index is 389. The van der Waals surface area contributed by atoms with Crippen molar-refractivity contribution in [1.82, 2.24) is 0 Å². The summed E-state index contributed by atoms with van der Waals surface area (Å²) in [4.78, 5) is 0. The molecule has 0 unspecified atom stereocenters. The smallest absolute Gasteiger partial charge is 0.119 e. The van der Waals surface area contributed by atoms with Crippen molar-refractivity contribution in [2.75, 3.05) is 13.7 Å². The largest absolute Gasteiger partial charge is 0.497 e. The normalized spacial score (nSPS) is 28.6. The van der Waals surface area contributed by atoms with E-state index in [0.29, 0.717) is 6.54 Å². The molecule has 1 aliphatic carbocycles. The van der Waals surface area contributed by atoms with Crippen molar-refractivity contribution in [3.05, 3.63) is 28.2 Å². The van der Waals surface area contributed by atoms with Crippen LogP contribution in [0.25, 0.3) is 0 Å². The van der Waals surface area contributed by atoms with Gasteiger partial charge in [0.05, 0.1) is 13.2 Å². The monoisotopic (exact) mass is 285 g/mol. The van der Waals surface area contributed by atoms with Gasteiger partial charge >= 0.3 is 0 Å². The maximum absolute atomic E-state index is 9.49. The van der Waals surface area contributed by atoms with E-state index in [1.807, 2.05) is 18.2 Å². The Labute approximate surface area is 104 Å². The number of hydrogen-bond donors (Lipinski definition) is 2. The van der Waals surface area contributed by atoms with Gasteiger partial charge in [0.2, 0.25) is 0 Å². The molecule has 2 rings (SSSR count). The first kappa shape index (κ1) is 11.9. The van der Waals surface area contributed by atoms with Gasteiger partial charge in [-0.15, -0.1) is 0 Å². The second kappa shape index (κ2) is 4.35. The van der Waals surface area contributed by atoms with Crippen LogP contribution in [0.2, 0.25) is 0 Å². The molecule has 1 saturated carbocycles. The molecule has 4 heteroatoms. The molecular formula is C12H16BrNO2. The quantitative estimate of drug-likeness (QED) is 0.891. The second-order valence-electron chi connectivity index (χ2n) is 4.39. The van der Waals surface area contributed by atoms with Crippen LogP contribution in [0.1, 0.15) is 18.4 Å². The van der Waals surface area contributed by atoms with Crippen molar-refractivity contribution in [1.29, 1.82) is 0 Å². The molecule has 3 nitrogen and oxygen atoms in total. The lowest BCUT2D eigenvalue weighted by molar-refractivity contribution is 0.0217. The number of hydrogen-bond acceptors (Lipinski definition) is 3. The molecule has 0 heterocycles. The third-order valence-electron chi connectivity index (χ3n) is 3.39. The summed E-state index contributed by atoms with van der Waals surface area (Å²) in [6.45, 7) is 0.551. The Hall–Kier alpha value is -0.580. The van der Waals surface area contributed by atoms with Crippen LogP contribution in [0.15, 0.2) is 22.7 Å². The van der Waals surface area contributed by atoms with Crippen LogP contribution in [0, 0.1) is 0 Å². The van der Waals surface area contributed by atoms with E-state index in [-0.39, 0.29) is 11.5 Å². The number of ether oxygens (including phenoxy) is 1. The van der Waals surface area contributed by atoms with Gasteiger partial charge in [0, 0.05) is 16.4 Å². The van der Waals surface area contributed by atoms with Crippen LogP contribution in [-0.2, 0) is 5.41 Å². The molecule has 1 aromatic rings. The zero-order chi connectivity index (χ0) is 11.8. The fraction of sp³-hybridized carbons (Fsp3) is 0.500. The molecule has 3 N–H and O–H groups in total. The molecule has 1 aliphatic rings. The van der Waals surface area contributed by atoms with Crippen LogP contribution in [0.4, 0.5) is 0 Å². The minimum Gasteiger partial charge on any atom is -0.497 e. The minimum absolute atomic E-state index is 0.0905. The topological polar surface area (TPSA) is 55.5 Å². The Morgan fingerprint density at radius 1 is 1.56 bits per heavy atom. The predicted octanol–water partition coefficient (Wildman–Crippen LogP) is 1.81. The average molecular weight is 286 g/mol. The molecule has 0 radical (unpaired) electrons. The van der Waals surface area contributed by atoms with Gasteiger partial charge < -0.3 is 15.6 Å². The van der Waals surface area contributed by atoms with E-state index in [1.54, 1.807) is 7.11 Å². The van der Waals surface area contributed by atoms with Crippen LogP contribution in [0.5, 0.6) is 5.75 Å². The van der Waals surface area contributed by atoms with E-state index in [0.717, 1.165) is 28.6 Å². The number of aliphatic hydroxyl groups is 1. The van der Waals surface area contributed by atoms with Crippen molar-refractivity contribution in [2.45, 2.75) is 24.4 Å². The number of aliphatic hydroxyl groups excluding tert-OH is 1. The number of benzene rings is 1. The maximum atomic E-state index is 9.49. The molecule has 0 amide bonds. The second-order valence-corrected chi connectivity index (χ2v) is 5.25. The Kier molecular flexibility index (Phi) is 3.24. The molecule has 88 valence electrons. The van der Waals surface area contributed by atoms with Gasteiger partial charge in [0.25, 0.3) is 0 Å². The van der Waals surface area contributed by atoms with Crippen molar-refractivity contribution < 1.29 is 9.84 Å². The summed E-state index contributed by atoms with van der Waals surface area (Å²) < 4.78 is 6.25. The number of halogens is 1. The molecule has 0 bridgehead atoms. The van der Waals surface area contributed by atoms with Gasteiger partial charge in [-0.2, -0.15) is 0 Å². The first-order valence-electron chi connectivity index (χ1n) is 5.33. The predicted molar refractivity (Wildman–Crippen MR) is 66.7 cm³/mol. The van der Waals surface area contributed by atoms with Gasteiger partial charge in [-0.1, -0.05) is 15.9 Å². The molecule has 0 aromatic heterocycles. The van der Waals surface area contributed by atoms with Crippen molar-refractivity contribution in [3.8, 4) is 5.75 Å². The summed E-state index contributed by atoms with van der Waals surface area (Å²) in [5, 5.41) is 9.49. The third-order valence-corrected chi connectivity index (χ3v) is 4.08. The highest BCUT2D eigenvalue weighted by atomic mass is 79.9. The van der Waals surface area contributed by atoms with Gasteiger partial charge in [-0.05, 0) is 36.6 Å². The highest BCUT2D eigenvalue weighted by molar-refractivity contribution is 9.10. The average Bonchev–Trinajstić information content (AvgIpc) is 2.25. The summed E-state index contributed by atoms with van der Waals surface area (Å²) in [6, 6.07) is 5.88. The van der Waals surface area contributed by atoms with E-state index in [2.05, 4.69) is 15.9 Å². The van der Waals surface area contributed by atoms with Crippen molar-refractivity contribution in [3.63, 3.8) is 0 Å². The van der Waals surface area contributed by atoms with Gasteiger partial charge in [-0.25, -0.2) is 0 Å². The molecular weight excluding hydrogens is 270 g/mol. The fourth-order valence-electron chi connectivity index (χ4n) is 2.38. The fourth-order valence-corrected chi connectivity index (χ4v) is 3.04. The van der Waals surface area contributed by atoms with E-state index in [4.69, 9.17) is 10.5 Å². The lowest BCUT2D eigenvalue weighted by atomic mass is 9.63. The Balaban J connectivity index is 2.38. The zero-order valence-electron chi connectivity index (χ0n) is 9.24. The third kappa shape index (κ3) is 1.85. The number of methoxy groups -OCH3 is 1. The van der Waals surface area contributed by atoms with Crippen molar-refractivity contribution >= 4 is 15.9 Å². The van der Waals surface area contributed by atoms with Crippen molar-refractivity contribution in [2.24, 2.45) is 5.73 Å². The van der Waals surface area contributed by atoms with Gasteiger partial charge in [-0.3, -0.25) is 0 Å². The van der Waals surface area contributed by atoms with Crippen LogP contribution in [0.3, 0.4) is 0 Å². The molecule has 0 aliphatic heterocycles. The standard InChI is InChI=1S/C12H16BrNO2/c1-16-9-2-3-11(13)10(4-9)12(7-14)5-8(15)6-12/h2-4,8,15H,5-7,14H2,1H3. The summed E-state index contributed by atoms with van der Waals surface area (Å²) >= 11 is 3.54. The van der Waals surface area contributed by atoms with E-state index < -0.39 is 0 Å². The summed E-state index contributed by atoms with van der Waals surface area (Å²) in [7, 11) is 1.65. The van der Waals surface area contributed by atoms with E-state index in [9.17, 15) is 5.11 Å². The van der Waals surface area contributed by atoms with Crippen LogP contribution in [-0.4, -0.2) is 24.9 Å². The summed E-state index contributed by atoms with van der Waals surface area (Å²) in [5.74, 6) is 0.826. The summed E-state index contributed by atoms with van der Waals surface area (Å²) in [5.41, 5.74) is 6.90. The first-order valence-corrected chi connectivity index (χ1v) is 6.13. The Morgan fingerprint density at radius 3 is 2.75 bits per heavy atom. The molecule has 0 saturated heterocycles. The maximum Gasteiger partial charge on any atom is 0.119 e. The molecule has 0 atom stereocenters. The van der Waals surface area contributed by atoms with Crippen LogP contribution < -0.4 is 10.5 Å². The van der Waals surface area contributed by atoms with Gasteiger partial charge in [0.15, 0.2) is 0 Å². The summed E-state index contributed by atoms with van der Waals surface area (Å²) in [6.07, 6.45) is 1.24. The number of nitrogens with two attached hydrogens (primary N) is 1. The van der Waals surface area contributed by atoms with E-state index in [1.165, 1.54) is 0 Å². The Morgan fingerprint density at radius 2 is 2.25 bits per heavy atom. The minimum atomic E-state index is -0.221. The highest BCUT2D eigenvalue weighted by Crippen LogP contribution is 2.46. The van der Waals surface area contributed by atoms with E-state index >= 15 is 0 Å².